The first-order valence-electron chi connectivity index (χ1n) is 5.24. The van der Waals surface area contributed by atoms with Crippen molar-refractivity contribution in [1.29, 1.82) is 0 Å². The first-order chi connectivity index (χ1) is 6.93. The summed E-state index contributed by atoms with van der Waals surface area (Å²) in [5, 5.41) is 0. The standard InChI is InChI=1S/C11H19N3O/c1-11(2,3)8-7-10(15)14-9(13-8)5-4-6-12/h7H,4-6,12H2,1-3H3,(H,13,14,15). The van der Waals surface area contributed by atoms with Gasteiger partial charge in [0.25, 0.3) is 5.56 Å². The molecule has 0 amide bonds. The van der Waals surface area contributed by atoms with Gasteiger partial charge in [-0.1, -0.05) is 20.8 Å². The summed E-state index contributed by atoms with van der Waals surface area (Å²) in [6.07, 6.45) is 1.58. The van der Waals surface area contributed by atoms with E-state index in [0.29, 0.717) is 6.54 Å². The van der Waals surface area contributed by atoms with Gasteiger partial charge in [-0.2, -0.15) is 0 Å². The Kier molecular flexibility index (Phi) is 3.63. The van der Waals surface area contributed by atoms with Crippen LogP contribution >= 0.6 is 0 Å². The molecule has 4 nitrogen and oxygen atoms in total. The molecule has 0 radical (unpaired) electrons. The second-order valence-electron chi connectivity index (χ2n) is 4.72. The van der Waals surface area contributed by atoms with Crippen molar-refractivity contribution in [2.24, 2.45) is 5.73 Å². The summed E-state index contributed by atoms with van der Waals surface area (Å²) in [6.45, 7) is 6.74. The minimum absolute atomic E-state index is 0.0815. The Bertz CT molecular complexity index is 376. The van der Waals surface area contributed by atoms with Gasteiger partial charge in [0.15, 0.2) is 0 Å². The lowest BCUT2D eigenvalue weighted by Crippen LogP contribution is -2.21. The maximum Gasteiger partial charge on any atom is 0.251 e. The van der Waals surface area contributed by atoms with Crippen LogP contribution < -0.4 is 11.3 Å². The van der Waals surface area contributed by atoms with Crippen LogP contribution in [-0.4, -0.2) is 16.5 Å². The van der Waals surface area contributed by atoms with E-state index in [1.807, 2.05) is 20.8 Å². The average Bonchev–Trinajstić information content (AvgIpc) is 2.12. The van der Waals surface area contributed by atoms with Crippen molar-refractivity contribution < 1.29 is 0 Å². The SMILES string of the molecule is CC(C)(C)c1cc(=O)[nH]c(CCCN)n1. The normalized spacial score (nSPS) is 11.7. The molecule has 4 heteroatoms. The molecule has 3 N–H and O–H groups in total. The van der Waals surface area contributed by atoms with E-state index in [2.05, 4.69) is 9.97 Å². The van der Waals surface area contributed by atoms with Gasteiger partial charge < -0.3 is 10.7 Å². The van der Waals surface area contributed by atoms with E-state index in [4.69, 9.17) is 5.73 Å². The van der Waals surface area contributed by atoms with Crippen LogP contribution in [-0.2, 0) is 11.8 Å². The van der Waals surface area contributed by atoms with Gasteiger partial charge in [0, 0.05) is 17.9 Å². The lowest BCUT2D eigenvalue weighted by Gasteiger charge is -2.17. The number of aromatic amines is 1. The van der Waals surface area contributed by atoms with Crippen LogP contribution in [0.5, 0.6) is 0 Å². The molecule has 0 atom stereocenters. The molecule has 1 aromatic heterocycles. The number of hydrogen-bond donors (Lipinski definition) is 2. The zero-order valence-corrected chi connectivity index (χ0v) is 9.63. The van der Waals surface area contributed by atoms with Gasteiger partial charge >= 0.3 is 0 Å². The van der Waals surface area contributed by atoms with E-state index >= 15 is 0 Å². The van der Waals surface area contributed by atoms with Crippen molar-refractivity contribution in [3.8, 4) is 0 Å². The molecule has 0 aliphatic rings. The van der Waals surface area contributed by atoms with Gasteiger partial charge in [-0.15, -0.1) is 0 Å². The van der Waals surface area contributed by atoms with Gasteiger partial charge in [-0.25, -0.2) is 4.98 Å². The molecule has 1 aromatic rings. The highest BCUT2D eigenvalue weighted by atomic mass is 16.1. The molecule has 1 heterocycles. The summed E-state index contributed by atoms with van der Waals surface area (Å²) in [7, 11) is 0. The third kappa shape index (κ3) is 3.47. The Morgan fingerprint density at radius 3 is 2.67 bits per heavy atom. The van der Waals surface area contributed by atoms with E-state index in [9.17, 15) is 4.79 Å². The Morgan fingerprint density at radius 1 is 1.47 bits per heavy atom. The van der Waals surface area contributed by atoms with Crippen LogP contribution in [0.2, 0.25) is 0 Å². The van der Waals surface area contributed by atoms with Gasteiger partial charge in [0.2, 0.25) is 0 Å². The van der Waals surface area contributed by atoms with Crippen LogP contribution in [0.4, 0.5) is 0 Å². The first kappa shape index (κ1) is 11.9. The number of rotatable bonds is 3. The molecule has 84 valence electrons. The Labute approximate surface area is 89.9 Å². The van der Waals surface area contributed by atoms with Crippen LogP contribution in [0.1, 0.15) is 38.7 Å². The quantitative estimate of drug-likeness (QED) is 0.778. The van der Waals surface area contributed by atoms with Gasteiger partial charge in [-0.3, -0.25) is 4.79 Å². The molecule has 0 aliphatic heterocycles. The fraction of sp³-hybridized carbons (Fsp3) is 0.636. The molecule has 0 saturated heterocycles. The second-order valence-corrected chi connectivity index (χ2v) is 4.72. The topological polar surface area (TPSA) is 71.8 Å². The lowest BCUT2D eigenvalue weighted by atomic mass is 9.92. The van der Waals surface area contributed by atoms with Gasteiger partial charge in [0.05, 0.1) is 5.69 Å². The number of nitrogens with zero attached hydrogens (tertiary/aromatic N) is 1. The number of nitrogens with one attached hydrogen (secondary N) is 1. The molecule has 0 fully saturated rings. The van der Waals surface area contributed by atoms with Crippen LogP contribution in [0.3, 0.4) is 0 Å². The summed E-state index contributed by atoms with van der Waals surface area (Å²) in [5.74, 6) is 0.734. The van der Waals surface area contributed by atoms with Crippen molar-refractivity contribution in [3.63, 3.8) is 0 Å². The van der Waals surface area contributed by atoms with E-state index in [0.717, 1.165) is 24.4 Å². The highest BCUT2D eigenvalue weighted by Gasteiger charge is 2.16. The molecule has 0 aliphatic carbocycles. The lowest BCUT2D eigenvalue weighted by molar-refractivity contribution is 0.559. The highest BCUT2D eigenvalue weighted by molar-refractivity contribution is 5.12. The summed E-state index contributed by atoms with van der Waals surface area (Å²) >= 11 is 0. The van der Waals surface area contributed by atoms with Crippen LogP contribution in [0.15, 0.2) is 10.9 Å². The molecule has 0 aromatic carbocycles. The van der Waals surface area contributed by atoms with Crippen molar-refractivity contribution in [3.05, 3.63) is 27.9 Å². The Balaban J connectivity index is 3.01. The van der Waals surface area contributed by atoms with E-state index < -0.39 is 0 Å². The van der Waals surface area contributed by atoms with Crippen LogP contribution in [0, 0.1) is 0 Å². The van der Waals surface area contributed by atoms with Crippen molar-refractivity contribution in [2.45, 2.75) is 39.0 Å². The molecule has 0 saturated carbocycles. The number of aryl methyl sites for hydroxylation is 1. The molecule has 0 spiro atoms. The van der Waals surface area contributed by atoms with Gasteiger partial charge in [-0.05, 0) is 13.0 Å². The fourth-order valence-corrected chi connectivity index (χ4v) is 1.28. The number of nitrogens with two attached hydrogens (primary N) is 1. The second kappa shape index (κ2) is 4.57. The Hall–Kier alpha value is -1.16. The summed E-state index contributed by atoms with van der Waals surface area (Å²) in [4.78, 5) is 18.6. The van der Waals surface area contributed by atoms with Crippen molar-refractivity contribution in [2.75, 3.05) is 6.54 Å². The number of aromatic nitrogens is 2. The molecular formula is C11H19N3O. The third-order valence-electron chi connectivity index (χ3n) is 2.18. The van der Waals surface area contributed by atoms with Crippen molar-refractivity contribution in [1.82, 2.24) is 9.97 Å². The third-order valence-corrected chi connectivity index (χ3v) is 2.18. The minimum atomic E-state index is -0.0915. The van der Waals surface area contributed by atoms with Crippen molar-refractivity contribution >= 4 is 0 Å². The molecule has 0 unspecified atom stereocenters. The number of hydrogen-bond acceptors (Lipinski definition) is 3. The van der Waals surface area contributed by atoms with E-state index in [1.165, 1.54) is 0 Å². The highest BCUT2D eigenvalue weighted by Crippen LogP contribution is 2.18. The maximum atomic E-state index is 11.4. The predicted molar refractivity (Wildman–Crippen MR) is 60.9 cm³/mol. The zero-order valence-electron chi connectivity index (χ0n) is 9.63. The summed E-state index contributed by atoms with van der Waals surface area (Å²) < 4.78 is 0. The summed E-state index contributed by atoms with van der Waals surface area (Å²) in [6, 6.07) is 1.56. The Morgan fingerprint density at radius 2 is 2.13 bits per heavy atom. The fourth-order valence-electron chi connectivity index (χ4n) is 1.28. The van der Waals surface area contributed by atoms with Crippen LogP contribution in [0.25, 0.3) is 0 Å². The average molecular weight is 209 g/mol. The number of H-pyrrole nitrogens is 1. The largest absolute Gasteiger partial charge is 0.330 e. The molecule has 0 bridgehead atoms. The zero-order chi connectivity index (χ0) is 11.5. The molecule has 1 rings (SSSR count). The smallest absolute Gasteiger partial charge is 0.251 e. The van der Waals surface area contributed by atoms with E-state index in [-0.39, 0.29) is 11.0 Å². The molecular weight excluding hydrogens is 190 g/mol. The summed E-state index contributed by atoms with van der Waals surface area (Å²) in [5.41, 5.74) is 6.08. The van der Waals surface area contributed by atoms with Gasteiger partial charge in [0.1, 0.15) is 5.82 Å². The minimum Gasteiger partial charge on any atom is -0.330 e. The first-order valence-corrected chi connectivity index (χ1v) is 5.24. The predicted octanol–water partition coefficient (Wildman–Crippen LogP) is 0.959. The monoisotopic (exact) mass is 209 g/mol. The molecule has 15 heavy (non-hydrogen) atoms. The maximum absolute atomic E-state index is 11.4. The van der Waals surface area contributed by atoms with E-state index in [1.54, 1.807) is 6.07 Å².